The van der Waals surface area contributed by atoms with Crippen LogP contribution in [-0.4, -0.2) is 62.9 Å². The van der Waals surface area contributed by atoms with Crippen LogP contribution in [0.15, 0.2) is 53.4 Å². The number of sulfonamides is 1. The predicted octanol–water partition coefficient (Wildman–Crippen LogP) is 2.27. The molecule has 0 spiro atoms. The Bertz CT molecular complexity index is 1160. The number of hydrogen-bond acceptors (Lipinski definition) is 6. The highest BCUT2D eigenvalue weighted by molar-refractivity contribution is 7.89. The Morgan fingerprint density at radius 1 is 0.969 bits per heavy atom. The molecule has 0 aromatic heterocycles. The monoisotopic (exact) mass is 453 g/mol. The zero-order chi connectivity index (χ0) is 22.6. The van der Waals surface area contributed by atoms with Crippen molar-refractivity contribution in [2.24, 2.45) is 0 Å². The van der Waals surface area contributed by atoms with E-state index in [1.54, 1.807) is 11.0 Å². The minimum absolute atomic E-state index is 0.144. The molecule has 1 saturated heterocycles. The lowest BCUT2D eigenvalue weighted by Crippen LogP contribution is -2.50. The standard InChI is InChI=1S/C23H23N3O5S/c24-17-19-2-6-20(7-3-19)32(28,29)26-12-10-25(11-13-26)23(27)9-5-18-4-8-21-22(16-18)31-15-1-14-30-21/h2-9,16H,1,10-15H2. The topological polar surface area (TPSA) is 99.9 Å². The van der Waals surface area contributed by atoms with Gasteiger partial charge in [0.15, 0.2) is 11.5 Å². The predicted molar refractivity (Wildman–Crippen MR) is 118 cm³/mol. The zero-order valence-corrected chi connectivity index (χ0v) is 18.3. The summed E-state index contributed by atoms with van der Waals surface area (Å²) < 4.78 is 38.3. The second-order valence-electron chi connectivity index (χ2n) is 7.46. The molecule has 0 atom stereocenters. The fraction of sp³-hybridized carbons (Fsp3) is 0.304. The van der Waals surface area contributed by atoms with Crippen LogP contribution in [0, 0.1) is 11.3 Å². The number of piperazine rings is 1. The molecule has 166 valence electrons. The number of nitrogens with zero attached hydrogens (tertiary/aromatic N) is 3. The smallest absolute Gasteiger partial charge is 0.246 e. The van der Waals surface area contributed by atoms with Gasteiger partial charge in [-0.2, -0.15) is 9.57 Å². The van der Waals surface area contributed by atoms with Gasteiger partial charge < -0.3 is 14.4 Å². The molecular formula is C23H23N3O5S. The normalized spacial score (nSPS) is 17.0. The molecule has 0 unspecified atom stereocenters. The summed E-state index contributed by atoms with van der Waals surface area (Å²) in [6.45, 7) is 2.25. The summed E-state index contributed by atoms with van der Waals surface area (Å²) in [7, 11) is -3.66. The first-order chi connectivity index (χ1) is 15.5. The summed E-state index contributed by atoms with van der Waals surface area (Å²) >= 11 is 0. The molecule has 0 saturated carbocycles. The third-order valence-electron chi connectivity index (χ3n) is 5.36. The zero-order valence-electron chi connectivity index (χ0n) is 17.4. The lowest BCUT2D eigenvalue weighted by Gasteiger charge is -2.33. The number of nitriles is 1. The molecule has 1 amide bonds. The van der Waals surface area contributed by atoms with E-state index in [2.05, 4.69) is 0 Å². The molecule has 0 N–H and O–H groups in total. The average Bonchev–Trinajstić information content (AvgIpc) is 3.07. The van der Waals surface area contributed by atoms with Crippen LogP contribution in [0.25, 0.3) is 6.08 Å². The second kappa shape index (κ2) is 9.42. The molecule has 2 heterocycles. The molecule has 4 rings (SSSR count). The number of benzene rings is 2. The minimum atomic E-state index is -3.66. The van der Waals surface area contributed by atoms with Gasteiger partial charge in [0.1, 0.15) is 0 Å². The molecule has 9 heteroatoms. The van der Waals surface area contributed by atoms with E-state index < -0.39 is 10.0 Å². The van der Waals surface area contributed by atoms with E-state index in [1.807, 2.05) is 24.3 Å². The fourth-order valence-corrected chi connectivity index (χ4v) is 4.98. The van der Waals surface area contributed by atoms with Gasteiger partial charge in [0.2, 0.25) is 15.9 Å². The molecular weight excluding hydrogens is 430 g/mol. The number of rotatable bonds is 4. The lowest BCUT2D eigenvalue weighted by atomic mass is 10.2. The summed E-state index contributed by atoms with van der Waals surface area (Å²) in [5.41, 5.74) is 1.23. The quantitative estimate of drug-likeness (QED) is 0.659. The highest BCUT2D eigenvalue weighted by Crippen LogP contribution is 2.30. The van der Waals surface area contributed by atoms with Crippen LogP contribution in [0.4, 0.5) is 0 Å². The maximum absolute atomic E-state index is 12.8. The molecule has 2 aliphatic heterocycles. The molecule has 2 aliphatic rings. The van der Waals surface area contributed by atoms with Crippen molar-refractivity contribution in [3.63, 3.8) is 0 Å². The highest BCUT2D eigenvalue weighted by Gasteiger charge is 2.29. The molecule has 32 heavy (non-hydrogen) atoms. The van der Waals surface area contributed by atoms with E-state index in [0.717, 1.165) is 12.0 Å². The van der Waals surface area contributed by atoms with Crippen LogP contribution < -0.4 is 9.47 Å². The summed E-state index contributed by atoms with van der Waals surface area (Å²) in [6.07, 6.45) is 4.03. The van der Waals surface area contributed by atoms with Gasteiger partial charge in [-0.25, -0.2) is 8.42 Å². The SMILES string of the molecule is N#Cc1ccc(S(=O)(=O)N2CCN(C(=O)C=Cc3ccc4c(c3)OCCCO4)CC2)cc1. The summed E-state index contributed by atoms with van der Waals surface area (Å²) in [4.78, 5) is 14.4. The number of fused-ring (bicyclic) bond motifs is 1. The first-order valence-corrected chi connectivity index (χ1v) is 11.8. The Morgan fingerprint density at radius 2 is 1.66 bits per heavy atom. The van der Waals surface area contributed by atoms with Crippen molar-refractivity contribution in [2.45, 2.75) is 11.3 Å². The van der Waals surface area contributed by atoms with Crippen molar-refractivity contribution in [2.75, 3.05) is 39.4 Å². The number of carbonyl (C=O) groups is 1. The second-order valence-corrected chi connectivity index (χ2v) is 9.39. The molecule has 8 nitrogen and oxygen atoms in total. The van der Waals surface area contributed by atoms with E-state index >= 15 is 0 Å². The molecule has 0 bridgehead atoms. The Labute approximate surface area is 187 Å². The number of carbonyl (C=O) groups excluding carboxylic acids is 1. The van der Waals surface area contributed by atoms with Crippen LogP contribution in [0.5, 0.6) is 11.5 Å². The average molecular weight is 454 g/mol. The number of hydrogen-bond donors (Lipinski definition) is 0. The summed E-state index contributed by atoms with van der Waals surface area (Å²) in [6, 6.07) is 13.3. The van der Waals surface area contributed by atoms with E-state index in [9.17, 15) is 13.2 Å². The van der Waals surface area contributed by atoms with Gasteiger partial charge in [0, 0.05) is 38.7 Å². The molecule has 0 radical (unpaired) electrons. The van der Waals surface area contributed by atoms with E-state index in [0.29, 0.717) is 43.4 Å². The van der Waals surface area contributed by atoms with Gasteiger partial charge in [-0.05, 0) is 48.0 Å². The van der Waals surface area contributed by atoms with Crippen LogP contribution in [-0.2, 0) is 14.8 Å². The molecule has 1 fully saturated rings. The maximum atomic E-state index is 12.8. The highest BCUT2D eigenvalue weighted by atomic mass is 32.2. The van der Waals surface area contributed by atoms with Gasteiger partial charge in [-0.15, -0.1) is 0 Å². The summed E-state index contributed by atoms with van der Waals surface area (Å²) in [5.74, 6) is 1.19. The maximum Gasteiger partial charge on any atom is 0.246 e. The van der Waals surface area contributed by atoms with Gasteiger partial charge in [0.05, 0.1) is 29.7 Å². The molecule has 2 aromatic carbocycles. The van der Waals surface area contributed by atoms with Crippen LogP contribution in [0.3, 0.4) is 0 Å². The van der Waals surface area contributed by atoms with E-state index in [4.69, 9.17) is 14.7 Å². The van der Waals surface area contributed by atoms with Gasteiger partial charge >= 0.3 is 0 Å². The minimum Gasteiger partial charge on any atom is -0.490 e. The lowest BCUT2D eigenvalue weighted by molar-refractivity contribution is -0.127. The van der Waals surface area contributed by atoms with Crippen molar-refractivity contribution < 1.29 is 22.7 Å². The van der Waals surface area contributed by atoms with Crippen molar-refractivity contribution in [3.8, 4) is 17.6 Å². The Hall–Kier alpha value is -3.35. The summed E-state index contributed by atoms with van der Waals surface area (Å²) in [5, 5.41) is 8.88. The van der Waals surface area contributed by atoms with Gasteiger partial charge in [0.25, 0.3) is 0 Å². The molecule has 0 aliphatic carbocycles. The first-order valence-electron chi connectivity index (χ1n) is 10.3. The Kier molecular flexibility index (Phi) is 6.44. The van der Waals surface area contributed by atoms with Crippen molar-refractivity contribution in [3.05, 3.63) is 59.7 Å². The third kappa shape index (κ3) is 4.77. The number of ether oxygens (including phenoxy) is 2. The van der Waals surface area contributed by atoms with Crippen LogP contribution >= 0.6 is 0 Å². The number of amides is 1. The van der Waals surface area contributed by atoms with E-state index in [-0.39, 0.29) is 23.9 Å². The van der Waals surface area contributed by atoms with Crippen molar-refractivity contribution in [1.29, 1.82) is 5.26 Å². The first kappa shape index (κ1) is 21.9. The van der Waals surface area contributed by atoms with E-state index in [1.165, 1.54) is 34.6 Å². The largest absolute Gasteiger partial charge is 0.490 e. The third-order valence-corrected chi connectivity index (χ3v) is 7.27. The van der Waals surface area contributed by atoms with Crippen molar-refractivity contribution >= 4 is 22.0 Å². The Balaban J connectivity index is 1.36. The van der Waals surface area contributed by atoms with Crippen LogP contribution in [0.2, 0.25) is 0 Å². The molecule has 2 aromatic rings. The van der Waals surface area contributed by atoms with Crippen molar-refractivity contribution in [1.82, 2.24) is 9.21 Å². The van der Waals surface area contributed by atoms with Gasteiger partial charge in [-0.1, -0.05) is 6.07 Å². The van der Waals surface area contributed by atoms with Crippen LogP contribution in [0.1, 0.15) is 17.5 Å². The van der Waals surface area contributed by atoms with Gasteiger partial charge in [-0.3, -0.25) is 4.79 Å². The fourth-order valence-electron chi connectivity index (χ4n) is 3.56. The Morgan fingerprint density at radius 3 is 2.34 bits per heavy atom.